The molecule has 0 spiro atoms. The summed E-state index contributed by atoms with van der Waals surface area (Å²) in [5.74, 6) is -0.180. The number of carbonyl (C=O) groups is 2. The number of benzene rings is 2. The summed E-state index contributed by atoms with van der Waals surface area (Å²) in [7, 11) is 0. The lowest BCUT2D eigenvalue weighted by Crippen LogP contribution is -2.31. The van der Waals surface area contributed by atoms with Gasteiger partial charge in [-0.25, -0.2) is 4.98 Å². The smallest absolute Gasteiger partial charge is 0.303 e. The van der Waals surface area contributed by atoms with Gasteiger partial charge in [-0.05, 0) is 36.1 Å². The average Bonchev–Trinajstić information content (AvgIpc) is 3.48. The number of aromatic nitrogens is 3. The number of hydrogen-bond donors (Lipinski definition) is 4. The molecule has 0 radical (unpaired) electrons. The molecular weight excluding hydrogens is 520 g/mol. The minimum atomic E-state index is -0.784. The molecule has 10 nitrogen and oxygen atoms in total. The van der Waals surface area contributed by atoms with Crippen LogP contribution in [0, 0.1) is 0 Å². The van der Waals surface area contributed by atoms with Gasteiger partial charge in [0.25, 0.3) is 0 Å². The van der Waals surface area contributed by atoms with E-state index in [0.717, 1.165) is 41.1 Å². The highest BCUT2D eigenvalue weighted by atomic mass is 32.2. The van der Waals surface area contributed by atoms with Gasteiger partial charge in [0.05, 0.1) is 18.8 Å². The van der Waals surface area contributed by atoms with Crippen molar-refractivity contribution < 1.29 is 29.3 Å². The summed E-state index contributed by atoms with van der Waals surface area (Å²) >= 11 is 1.54. The van der Waals surface area contributed by atoms with Gasteiger partial charge in [0, 0.05) is 36.3 Å². The largest absolute Gasteiger partial charge is 0.481 e. The van der Waals surface area contributed by atoms with E-state index in [1.807, 2.05) is 48.5 Å². The summed E-state index contributed by atoms with van der Waals surface area (Å²) in [5.41, 5.74) is 3.40. The Bertz CT molecular complexity index is 1170. The average molecular weight is 555 g/mol. The predicted octanol–water partition coefficient (Wildman–Crippen LogP) is 5.00. The van der Waals surface area contributed by atoms with Gasteiger partial charge < -0.3 is 25.0 Å². The highest BCUT2D eigenvalue weighted by Crippen LogP contribution is 2.39. The number of aliphatic hydroxyl groups is 1. The number of aliphatic hydroxyl groups excluding tert-OH is 1. The second-order valence-electron chi connectivity index (χ2n) is 9.43. The van der Waals surface area contributed by atoms with Gasteiger partial charge in [-0.3, -0.25) is 14.7 Å². The number of carbonyl (C=O) groups excluding carboxylic acids is 1. The molecule has 2 aromatic carbocycles. The SMILES string of the molecule is O=C(O)CCCCCCC(=O)Nc1ccc(C2OC(CSc3ncn[nH]3)CC(c3ccc(CO)cc3)O2)cc1. The van der Waals surface area contributed by atoms with Crippen molar-refractivity contribution in [2.24, 2.45) is 0 Å². The van der Waals surface area contributed by atoms with Crippen molar-refractivity contribution >= 4 is 29.3 Å². The van der Waals surface area contributed by atoms with E-state index in [4.69, 9.17) is 14.6 Å². The molecule has 1 fully saturated rings. The molecule has 4 N–H and O–H groups in total. The molecule has 0 saturated carbocycles. The number of nitrogens with zero attached hydrogens (tertiary/aromatic N) is 2. The molecule has 2 heterocycles. The Labute approximate surface area is 231 Å². The van der Waals surface area contributed by atoms with Crippen molar-refractivity contribution in [1.82, 2.24) is 15.2 Å². The van der Waals surface area contributed by atoms with Gasteiger partial charge in [0.15, 0.2) is 11.4 Å². The lowest BCUT2D eigenvalue weighted by atomic mass is 10.0. The van der Waals surface area contributed by atoms with Crippen molar-refractivity contribution in [2.75, 3.05) is 11.1 Å². The molecule has 0 aliphatic carbocycles. The van der Waals surface area contributed by atoms with Gasteiger partial charge in [-0.1, -0.05) is 61.0 Å². The molecule has 11 heteroatoms. The molecule has 1 amide bonds. The molecule has 1 aliphatic heterocycles. The first-order valence-corrected chi connectivity index (χ1v) is 14.1. The first-order chi connectivity index (χ1) is 19.0. The van der Waals surface area contributed by atoms with E-state index < -0.39 is 12.3 Å². The van der Waals surface area contributed by atoms with Crippen LogP contribution < -0.4 is 5.32 Å². The van der Waals surface area contributed by atoms with Gasteiger partial charge in [-0.15, -0.1) is 0 Å². The Hall–Kier alpha value is -3.25. The van der Waals surface area contributed by atoms with Gasteiger partial charge in [-0.2, -0.15) is 5.10 Å². The van der Waals surface area contributed by atoms with Crippen LogP contribution in [0.5, 0.6) is 0 Å². The summed E-state index contributed by atoms with van der Waals surface area (Å²) < 4.78 is 12.7. The maximum atomic E-state index is 12.3. The third-order valence-corrected chi connectivity index (χ3v) is 7.43. The Balaban J connectivity index is 1.34. The highest BCUT2D eigenvalue weighted by molar-refractivity contribution is 7.99. The molecule has 3 unspecified atom stereocenters. The van der Waals surface area contributed by atoms with Crippen molar-refractivity contribution in [3.05, 3.63) is 71.5 Å². The molecule has 1 aromatic heterocycles. The van der Waals surface area contributed by atoms with Crippen LogP contribution in [0.1, 0.15) is 74.0 Å². The first kappa shape index (κ1) is 28.8. The molecule has 1 saturated heterocycles. The van der Waals surface area contributed by atoms with Crippen molar-refractivity contribution in [1.29, 1.82) is 0 Å². The van der Waals surface area contributed by atoms with Crippen molar-refractivity contribution in [2.45, 2.75) is 75.2 Å². The number of nitrogens with one attached hydrogen (secondary N) is 2. The summed E-state index contributed by atoms with van der Waals surface area (Å²) in [5, 5.41) is 28.5. The third kappa shape index (κ3) is 9.17. The fraction of sp³-hybridized carbons (Fsp3) is 0.429. The molecule has 4 rings (SSSR count). The number of amides is 1. The van der Waals surface area contributed by atoms with Crippen molar-refractivity contribution in [3.8, 4) is 0 Å². The molecule has 39 heavy (non-hydrogen) atoms. The van der Waals surface area contributed by atoms with E-state index in [1.54, 1.807) is 0 Å². The van der Waals surface area contributed by atoms with E-state index in [9.17, 15) is 14.7 Å². The Kier molecular flexibility index (Phi) is 10.9. The lowest BCUT2D eigenvalue weighted by molar-refractivity contribution is -0.245. The molecular formula is C28H34N4O6S. The van der Waals surface area contributed by atoms with E-state index in [2.05, 4.69) is 20.5 Å². The van der Waals surface area contributed by atoms with Gasteiger partial charge in [0.1, 0.15) is 6.33 Å². The van der Waals surface area contributed by atoms with Crippen LogP contribution in [-0.4, -0.2) is 49.1 Å². The summed E-state index contributed by atoms with van der Waals surface area (Å²) in [6.45, 7) is -0.0103. The maximum absolute atomic E-state index is 12.3. The number of unbranched alkanes of at least 4 members (excludes halogenated alkanes) is 3. The van der Waals surface area contributed by atoms with E-state index in [-0.39, 0.29) is 31.1 Å². The quantitative estimate of drug-likeness (QED) is 0.160. The van der Waals surface area contributed by atoms with Gasteiger partial charge >= 0.3 is 5.97 Å². The van der Waals surface area contributed by atoms with Crippen molar-refractivity contribution in [3.63, 3.8) is 0 Å². The normalized spacial score (nSPS) is 19.1. The van der Waals surface area contributed by atoms with Crippen LogP contribution in [0.3, 0.4) is 0 Å². The Morgan fingerprint density at radius 1 is 0.974 bits per heavy atom. The van der Waals surface area contributed by atoms with Crippen LogP contribution >= 0.6 is 11.8 Å². The molecule has 1 aliphatic rings. The monoisotopic (exact) mass is 554 g/mol. The second-order valence-corrected chi connectivity index (χ2v) is 10.4. The van der Waals surface area contributed by atoms with Crippen LogP contribution in [0.2, 0.25) is 0 Å². The lowest BCUT2D eigenvalue weighted by Gasteiger charge is -2.36. The maximum Gasteiger partial charge on any atom is 0.303 e. The summed E-state index contributed by atoms with van der Waals surface area (Å²) in [6.07, 6.45) is 4.83. The molecule has 3 aromatic rings. The number of carboxylic acid groups (broad SMARTS) is 1. The summed E-state index contributed by atoms with van der Waals surface area (Å²) in [6, 6.07) is 15.2. The number of hydrogen-bond acceptors (Lipinski definition) is 8. The minimum absolute atomic E-state index is 0.0103. The number of anilines is 1. The molecule has 208 valence electrons. The van der Waals surface area contributed by atoms with E-state index >= 15 is 0 Å². The van der Waals surface area contributed by atoms with E-state index in [0.29, 0.717) is 30.7 Å². The number of carboxylic acids is 1. The molecule has 3 atom stereocenters. The first-order valence-electron chi connectivity index (χ1n) is 13.1. The Morgan fingerprint density at radius 2 is 1.69 bits per heavy atom. The number of thioether (sulfide) groups is 1. The minimum Gasteiger partial charge on any atom is -0.481 e. The number of H-pyrrole nitrogens is 1. The standard InChI is InChI=1S/C28H34N4O6S/c33-16-19-7-9-20(10-8-19)24-15-23(17-39-28-29-18-30-32-28)37-27(38-24)21-11-13-22(14-12-21)31-25(34)5-3-1-2-4-6-26(35)36/h7-14,18,23-24,27,33H,1-6,15-17H2,(H,31,34)(H,35,36)(H,29,30,32). The Morgan fingerprint density at radius 3 is 2.36 bits per heavy atom. The third-order valence-electron chi connectivity index (χ3n) is 6.42. The fourth-order valence-corrected chi connectivity index (χ4v) is 5.12. The van der Waals surface area contributed by atoms with Crippen LogP contribution in [0.25, 0.3) is 0 Å². The number of ether oxygens (including phenoxy) is 2. The van der Waals surface area contributed by atoms with Gasteiger partial charge in [0.2, 0.25) is 5.91 Å². The zero-order valence-corrected chi connectivity index (χ0v) is 22.4. The van der Waals surface area contributed by atoms with Crippen LogP contribution in [0.15, 0.2) is 60.0 Å². The second kappa shape index (κ2) is 14.8. The zero-order valence-electron chi connectivity index (χ0n) is 21.6. The number of aliphatic carboxylic acids is 1. The topological polar surface area (TPSA) is 147 Å². The van der Waals surface area contributed by atoms with Crippen LogP contribution in [0.4, 0.5) is 5.69 Å². The van der Waals surface area contributed by atoms with E-state index in [1.165, 1.54) is 18.1 Å². The number of rotatable bonds is 14. The summed E-state index contributed by atoms with van der Waals surface area (Å²) in [4.78, 5) is 27.1. The highest BCUT2D eigenvalue weighted by Gasteiger charge is 2.32. The zero-order chi connectivity index (χ0) is 27.5. The van der Waals surface area contributed by atoms with Crippen LogP contribution in [-0.2, 0) is 25.7 Å². The number of aromatic amines is 1. The predicted molar refractivity (Wildman–Crippen MR) is 146 cm³/mol. The fourth-order valence-electron chi connectivity index (χ4n) is 4.32. The molecule has 0 bridgehead atoms.